The van der Waals surface area contributed by atoms with Crippen molar-refractivity contribution in [2.24, 2.45) is 10.9 Å². The van der Waals surface area contributed by atoms with E-state index in [1.54, 1.807) is 19.4 Å². The lowest BCUT2D eigenvalue weighted by Gasteiger charge is -2.19. The normalized spacial score (nSPS) is 14.9. The zero-order valence-electron chi connectivity index (χ0n) is 16.5. The number of ether oxygens (including phenoxy) is 1. The molecule has 1 saturated carbocycles. The van der Waals surface area contributed by atoms with Gasteiger partial charge in [-0.05, 0) is 50.3 Å². The molecular formula is C19H28FIN6O. The molecular weight excluding hydrogens is 474 g/mol. The maximum absolute atomic E-state index is 14.3. The van der Waals surface area contributed by atoms with Crippen LogP contribution in [0, 0.1) is 11.7 Å². The Morgan fingerprint density at radius 3 is 2.86 bits per heavy atom. The molecule has 0 amide bonds. The summed E-state index contributed by atoms with van der Waals surface area (Å²) in [6, 6.07) is 4.97. The lowest BCUT2D eigenvalue weighted by atomic mass is 10.1. The Balaban J connectivity index is 0.00000280. The van der Waals surface area contributed by atoms with Gasteiger partial charge in [-0.3, -0.25) is 4.99 Å². The van der Waals surface area contributed by atoms with Gasteiger partial charge in [0, 0.05) is 13.6 Å². The Labute approximate surface area is 182 Å². The zero-order valence-corrected chi connectivity index (χ0v) is 18.8. The van der Waals surface area contributed by atoms with Gasteiger partial charge in [-0.25, -0.2) is 4.39 Å². The summed E-state index contributed by atoms with van der Waals surface area (Å²) < 4.78 is 21.8. The number of guanidine groups is 1. The van der Waals surface area contributed by atoms with Crippen LogP contribution < -0.4 is 15.4 Å². The van der Waals surface area contributed by atoms with Crippen LogP contribution in [-0.2, 0) is 13.1 Å². The number of hydrogen-bond donors (Lipinski definition) is 2. The molecule has 2 N–H and O–H groups in total. The van der Waals surface area contributed by atoms with Crippen molar-refractivity contribution < 1.29 is 9.13 Å². The maximum Gasteiger partial charge on any atom is 0.191 e. The molecule has 1 unspecified atom stereocenters. The van der Waals surface area contributed by atoms with Crippen LogP contribution in [0.3, 0.4) is 0 Å². The molecule has 28 heavy (non-hydrogen) atoms. The third kappa shape index (κ3) is 6.05. The summed E-state index contributed by atoms with van der Waals surface area (Å²) in [6.07, 6.45) is 4.06. The Morgan fingerprint density at radius 1 is 1.43 bits per heavy atom. The van der Waals surface area contributed by atoms with Crippen LogP contribution in [0.25, 0.3) is 0 Å². The molecule has 0 spiro atoms. The van der Waals surface area contributed by atoms with Crippen LogP contribution in [0.2, 0.25) is 0 Å². The molecule has 1 atom stereocenters. The van der Waals surface area contributed by atoms with E-state index in [9.17, 15) is 4.39 Å². The second kappa shape index (κ2) is 10.6. The molecule has 1 aliphatic rings. The van der Waals surface area contributed by atoms with Gasteiger partial charge in [0.05, 0.1) is 19.2 Å². The first-order valence-corrected chi connectivity index (χ1v) is 9.36. The van der Waals surface area contributed by atoms with E-state index in [1.807, 2.05) is 24.5 Å². The quantitative estimate of drug-likeness (QED) is 0.329. The molecule has 1 aromatic carbocycles. The first kappa shape index (κ1) is 22.4. The Bertz CT molecular complexity index is 792. The van der Waals surface area contributed by atoms with Crippen molar-refractivity contribution in [3.8, 4) is 5.75 Å². The van der Waals surface area contributed by atoms with E-state index < -0.39 is 0 Å². The van der Waals surface area contributed by atoms with Gasteiger partial charge in [0.2, 0.25) is 0 Å². The van der Waals surface area contributed by atoms with Gasteiger partial charge in [-0.1, -0.05) is 6.07 Å². The highest BCUT2D eigenvalue weighted by Gasteiger charge is 2.22. The summed E-state index contributed by atoms with van der Waals surface area (Å²) in [4.78, 5) is 4.22. The molecule has 3 rings (SSSR count). The van der Waals surface area contributed by atoms with E-state index in [0.717, 1.165) is 17.9 Å². The number of rotatable bonds is 8. The van der Waals surface area contributed by atoms with Crippen molar-refractivity contribution in [1.82, 2.24) is 25.4 Å². The van der Waals surface area contributed by atoms with Gasteiger partial charge in [0.25, 0.3) is 0 Å². The first-order chi connectivity index (χ1) is 13.1. The lowest BCUT2D eigenvalue weighted by molar-refractivity contribution is 0.285. The predicted octanol–water partition coefficient (Wildman–Crippen LogP) is 3.27. The fraction of sp³-hybridized carbons (Fsp3) is 0.526. The summed E-state index contributed by atoms with van der Waals surface area (Å²) in [7, 11) is 1.70. The van der Waals surface area contributed by atoms with Crippen LogP contribution in [0.1, 0.15) is 44.1 Å². The number of halogens is 2. The van der Waals surface area contributed by atoms with Gasteiger partial charge >= 0.3 is 0 Å². The van der Waals surface area contributed by atoms with E-state index in [4.69, 9.17) is 4.74 Å². The average Bonchev–Trinajstić information content (AvgIpc) is 3.39. The Kier molecular flexibility index (Phi) is 8.46. The molecule has 2 aromatic rings. The fourth-order valence-electron chi connectivity index (χ4n) is 2.72. The summed E-state index contributed by atoms with van der Waals surface area (Å²) in [5.74, 6) is 2.02. The Morgan fingerprint density at radius 2 is 2.21 bits per heavy atom. The van der Waals surface area contributed by atoms with Crippen LogP contribution >= 0.6 is 24.0 Å². The van der Waals surface area contributed by atoms with E-state index in [0.29, 0.717) is 30.8 Å². The molecule has 0 bridgehead atoms. The minimum atomic E-state index is -0.333. The minimum Gasteiger partial charge on any atom is -0.490 e. The molecule has 0 aliphatic heterocycles. The highest BCUT2D eigenvalue weighted by atomic mass is 127. The fourth-order valence-corrected chi connectivity index (χ4v) is 2.72. The number of aryl methyl sites for hydroxylation is 1. The van der Waals surface area contributed by atoms with Gasteiger partial charge in [-0.15, -0.1) is 34.2 Å². The highest BCUT2D eigenvalue weighted by molar-refractivity contribution is 14.0. The van der Waals surface area contributed by atoms with Crippen molar-refractivity contribution in [2.75, 3.05) is 13.7 Å². The topological polar surface area (TPSA) is 76.4 Å². The summed E-state index contributed by atoms with van der Waals surface area (Å²) in [5, 5.41) is 14.5. The summed E-state index contributed by atoms with van der Waals surface area (Å²) in [6.45, 7) is 5.90. The third-order valence-corrected chi connectivity index (χ3v) is 4.65. The molecule has 1 aromatic heterocycles. The van der Waals surface area contributed by atoms with Crippen molar-refractivity contribution in [2.45, 2.75) is 45.8 Å². The molecule has 7 nitrogen and oxygen atoms in total. The van der Waals surface area contributed by atoms with Crippen LogP contribution in [0.5, 0.6) is 5.75 Å². The second-order valence-electron chi connectivity index (χ2n) is 6.77. The highest BCUT2D eigenvalue weighted by Crippen LogP contribution is 2.30. The first-order valence-electron chi connectivity index (χ1n) is 9.36. The van der Waals surface area contributed by atoms with Gasteiger partial charge in [0.1, 0.15) is 6.33 Å². The van der Waals surface area contributed by atoms with Crippen molar-refractivity contribution in [3.05, 3.63) is 41.7 Å². The average molecular weight is 502 g/mol. The number of nitrogens with zero attached hydrogens (tertiary/aromatic N) is 4. The number of aliphatic imine (C=N–C) groups is 1. The van der Waals surface area contributed by atoms with Crippen LogP contribution in [0.15, 0.2) is 29.5 Å². The molecule has 9 heteroatoms. The van der Waals surface area contributed by atoms with Crippen molar-refractivity contribution in [3.63, 3.8) is 0 Å². The number of aromatic nitrogens is 3. The number of nitrogens with one attached hydrogen (secondary N) is 2. The molecule has 1 heterocycles. The molecule has 0 saturated heterocycles. The van der Waals surface area contributed by atoms with Crippen LogP contribution in [0.4, 0.5) is 4.39 Å². The van der Waals surface area contributed by atoms with Gasteiger partial charge in [-0.2, -0.15) is 0 Å². The van der Waals surface area contributed by atoms with E-state index in [-0.39, 0.29) is 35.8 Å². The van der Waals surface area contributed by atoms with E-state index >= 15 is 0 Å². The predicted molar refractivity (Wildman–Crippen MR) is 117 cm³/mol. The van der Waals surface area contributed by atoms with E-state index in [2.05, 4.69) is 25.8 Å². The number of hydrogen-bond acceptors (Lipinski definition) is 4. The summed E-state index contributed by atoms with van der Waals surface area (Å²) in [5.41, 5.74) is 0.825. The van der Waals surface area contributed by atoms with Gasteiger partial charge < -0.3 is 19.9 Å². The molecule has 1 aliphatic carbocycles. The second-order valence-corrected chi connectivity index (χ2v) is 6.77. The number of benzene rings is 1. The zero-order chi connectivity index (χ0) is 19.2. The molecule has 0 radical (unpaired) electrons. The van der Waals surface area contributed by atoms with Gasteiger partial charge in [0.15, 0.2) is 23.4 Å². The smallest absolute Gasteiger partial charge is 0.191 e. The van der Waals surface area contributed by atoms with E-state index in [1.165, 1.54) is 18.9 Å². The minimum absolute atomic E-state index is 0. The third-order valence-electron chi connectivity index (χ3n) is 4.65. The maximum atomic E-state index is 14.3. The summed E-state index contributed by atoms with van der Waals surface area (Å²) >= 11 is 0. The van der Waals surface area contributed by atoms with Crippen molar-refractivity contribution in [1.29, 1.82) is 0 Å². The molecule has 1 fully saturated rings. The molecule has 154 valence electrons. The monoisotopic (exact) mass is 502 g/mol. The Hall–Kier alpha value is -1.91. The standard InChI is InChI=1S/C19H27FN6O.HI/c1-4-26-12-23-25-18(26)10-22-19(21-3)24-13(2)15-7-8-17(16(20)9-15)27-11-14-5-6-14;/h7-9,12-14H,4-6,10-11H2,1-3H3,(H2,21,22,24);1H. The van der Waals surface area contributed by atoms with Crippen molar-refractivity contribution >= 4 is 29.9 Å². The largest absolute Gasteiger partial charge is 0.490 e. The SMILES string of the molecule is CCn1cnnc1CNC(=NC)NC(C)c1ccc(OCC2CC2)c(F)c1.I. The lowest BCUT2D eigenvalue weighted by Crippen LogP contribution is -2.38. The van der Waals surface area contributed by atoms with Crippen LogP contribution in [-0.4, -0.2) is 34.4 Å².